The molecule has 0 saturated heterocycles. The Kier molecular flexibility index (Phi) is 3.46. The fourth-order valence-electron chi connectivity index (χ4n) is 2.81. The van der Waals surface area contributed by atoms with Crippen LogP contribution in [0.5, 0.6) is 11.6 Å². The van der Waals surface area contributed by atoms with Crippen molar-refractivity contribution in [1.29, 1.82) is 0 Å². The fraction of sp³-hybridized carbons (Fsp3) is 0.158. The number of fused-ring (bicyclic) bond motifs is 3. The zero-order chi connectivity index (χ0) is 17.6. The van der Waals surface area contributed by atoms with Crippen LogP contribution in [0.15, 0.2) is 42.5 Å². The normalized spacial score (nSPS) is 11.2. The second kappa shape index (κ2) is 5.66. The van der Waals surface area contributed by atoms with E-state index < -0.39 is 0 Å². The third kappa shape index (κ3) is 2.61. The number of Topliss-reactive ketones (excluding diaryl/α,β-unsaturated/α-hetero) is 1. The molecule has 0 bridgehead atoms. The molecule has 4 aromatic rings. The van der Waals surface area contributed by atoms with E-state index in [-0.39, 0.29) is 5.78 Å². The summed E-state index contributed by atoms with van der Waals surface area (Å²) in [5.41, 5.74) is 3.99. The molecule has 2 heterocycles. The summed E-state index contributed by atoms with van der Waals surface area (Å²) in [7, 11) is 0. The molecule has 0 radical (unpaired) electrons. The Bertz CT molecular complexity index is 1130. The number of rotatable bonds is 3. The number of ether oxygens (including phenoxy) is 1. The van der Waals surface area contributed by atoms with Crippen molar-refractivity contribution in [3.63, 3.8) is 0 Å². The van der Waals surface area contributed by atoms with E-state index in [1.165, 1.54) is 6.92 Å². The molecule has 6 nitrogen and oxygen atoms in total. The number of carbonyl (C=O) groups excluding carboxylic acids is 1. The summed E-state index contributed by atoms with van der Waals surface area (Å²) < 4.78 is 7.88. The van der Waals surface area contributed by atoms with Gasteiger partial charge in [-0.05, 0) is 50.6 Å². The van der Waals surface area contributed by atoms with Gasteiger partial charge in [0.2, 0.25) is 5.65 Å². The zero-order valence-corrected chi connectivity index (χ0v) is 14.1. The molecule has 0 fully saturated rings. The van der Waals surface area contributed by atoms with E-state index in [9.17, 15) is 4.79 Å². The molecule has 0 aliphatic heterocycles. The van der Waals surface area contributed by atoms with Crippen LogP contribution in [-0.2, 0) is 0 Å². The zero-order valence-electron chi connectivity index (χ0n) is 14.1. The van der Waals surface area contributed by atoms with Crippen LogP contribution in [0.2, 0.25) is 0 Å². The maximum absolute atomic E-state index is 11.6. The molecule has 0 spiro atoms. The molecule has 2 aromatic heterocycles. The number of hydrogen-bond acceptors (Lipinski definition) is 5. The van der Waals surface area contributed by atoms with Gasteiger partial charge in [0, 0.05) is 5.56 Å². The minimum atomic E-state index is -0.0177. The van der Waals surface area contributed by atoms with Crippen molar-refractivity contribution in [2.45, 2.75) is 20.8 Å². The van der Waals surface area contributed by atoms with Crippen LogP contribution in [0.4, 0.5) is 0 Å². The lowest BCUT2D eigenvalue weighted by atomic mass is 10.1. The number of nitrogens with zero attached hydrogens (tertiary/aromatic N) is 4. The van der Waals surface area contributed by atoms with Crippen molar-refractivity contribution >= 4 is 22.5 Å². The number of benzene rings is 2. The molecule has 6 heteroatoms. The first-order chi connectivity index (χ1) is 12.0. The molecule has 0 saturated carbocycles. The van der Waals surface area contributed by atoms with Gasteiger partial charge in [-0.15, -0.1) is 10.2 Å². The van der Waals surface area contributed by atoms with Crippen LogP contribution in [0, 0.1) is 13.8 Å². The minimum Gasteiger partial charge on any atom is -0.436 e. The highest BCUT2D eigenvalue weighted by Crippen LogP contribution is 2.28. The molecule has 0 aliphatic rings. The monoisotopic (exact) mass is 332 g/mol. The predicted octanol–water partition coefficient (Wildman–Crippen LogP) is 3.89. The molecule has 0 atom stereocenters. The molecule has 0 unspecified atom stereocenters. The average Bonchev–Trinajstić information content (AvgIpc) is 2.98. The van der Waals surface area contributed by atoms with E-state index in [2.05, 4.69) is 15.2 Å². The topological polar surface area (TPSA) is 69.4 Å². The van der Waals surface area contributed by atoms with Crippen molar-refractivity contribution in [3.05, 3.63) is 59.4 Å². The average molecular weight is 332 g/mol. The molecular formula is C19H16N4O2. The van der Waals surface area contributed by atoms with Crippen LogP contribution in [0.1, 0.15) is 28.7 Å². The van der Waals surface area contributed by atoms with Gasteiger partial charge >= 0.3 is 0 Å². The van der Waals surface area contributed by atoms with E-state index in [0.717, 1.165) is 22.4 Å². The summed E-state index contributed by atoms with van der Waals surface area (Å²) in [6.07, 6.45) is 0. The van der Waals surface area contributed by atoms with Gasteiger partial charge in [0.05, 0.1) is 11.0 Å². The SMILES string of the molecule is CC(=O)c1cccc(Oc2nc3ccc(C)cc3n3c(C)nnc23)c1. The van der Waals surface area contributed by atoms with Gasteiger partial charge in [0.25, 0.3) is 5.88 Å². The maximum Gasteiger partial charge on any atom is 0.266 e. The molecule has 0 amide bonds. The lowest BCUT2D eigenvalue weighted by Crippen LogP contribution is -1.99. The van der Waals surface area contributed by atoms with E-state index in [1.807, 2.05) is 36.4 Å². The molecule has 25 heavy (non-hydrogen) atoms. The Morgan fingerprint density at radius 1 is 1.08 bits per heavy atom. The van der Waals surface area contributed by atoms with Crippen LogP contribution in [-0.4, -0.2) is 25.4 Å². The molecule has 4 rings (SSSR count). The van der Waals surface area contributed by atoms with Gasteiger partial charge in [-0.2, -0.15) is 0 Å². The van der Waals surface area contributed by atoms with Crippen LogP contribution in [0.3, 0.4) is 0 Å². The van der Waals surface area contributed by atoms with Crippen molar-refractivity contribution in [2.75, 3.05) is 0 Å². The van der Waals surface area contributed by atoms with E-state index in [1.54, 1.807) is 24.3 Å². The highest BCUT2D eigenvalue weighted by Gasteiger charge is 2.15. The summed E-state index contributed by atoms with van der Waals surface area (Å²) in [5, 5.41) is 8.37. The number of ketones is 1. The first-order valence-electron chi connectivity index (χ1n) is 7.94. The van der Waals surface area contributed by atoms with Crippen molar-refractivity contribution in [2.24, 2.45) is 0 Å². The first-order valence-corrected chi connectivity index (χ1v) is 7.94. The number of carbonyl (C=O) groups is 1. The van der Waals surface area contributed by atoms with Crippen molar-refractivity contribution in [1.82, 2.24) is 19.6 Å². The summed E-state index contributed by atoms with van der Waals surface area (Å²) in [6.45, 7) is 5.44. The number of aromatic nitrogens is 4. The minimum absolute atomic E-state index is 0.0177. The second-order valence-electron chi connectivity index (χ2n) is 6.00. The van der Waals surface area contributed by atoms with E-state index in [0.29, 0.717) is 22.8 Å². The number of aryl methyl sites for hydroxylation is 2. The molecule has 0 aliphatic carbocycles. The van der Waals surface area contributed by atoms with Gasteiger partial charge in [-0.3, -0.25) is 9.20 Å². The highest BCUT2D eigenvalue weighted by molar-refractivity contribution is 5.94. The lowest BCUT2D eigenvalue weighted by Gasteiger charge is -2.10. The van der Waals surface area contributed by atoms with Crippen LogP contribution < -0.4 is 4.74 Å². The maximum atomic E-state index is 11.6. The van der Waals surface area contributed by atoms with Gasteiger partial charge < -0.3 is 4.74 Å². The van der Waals surface area contributed by atoms with Gasteiger partial charge in [0.15, 0.2) is 5.78 Å². The number of hydrogen-bond donors (Lipinski definition) is 0. The summed E-state index contributed by atoms with van der Waals surface area (Å²) in [5.74, 6) is 1.64. The summed E-state index contributed by atoms with van der Waals surface area (Å²) in [6, 6.07) is 13.0. The Hall–Kier alpha value is -3.28. The quantitative estimate of drug-likeness (QED) is 0.532. The second-order valence-corrected chi connectivity index (χ2v) is 6.00. The fourth-order valence-corrected chi connectivity index (χ4v) is 2.81. The smallest absolute Gasteiger partial charge is 0.266 e. The van der Waals surface area contributed by atoms with E-state index >= 15 is 0 Å². The third-order valence-electron chi connectivity index (χ3n) is 4.07. The van der Waals surface area contributed by atoms with Crippen LogP contribution >= 0.6 is 0 Å². The first kappa shape index (κ1) is 15.3. The largest absolute Gasteiger partial charge is 0.436 e. The van der Waals surface area contributed by atoms with Gasteiger partial charge in [0.1, 0.15) is 11.6 Å². The third-order valence-corrected chi connectivity index (χ3v) is 4.07. The molecule has 2 aromatic carbocycles. The van der Waals surface area contributed by atoms with Crippen LogP contribution in [0.25, 0.3) is 16.7 Å². The Labute approximate surface area is 144 Å². The van der Waals surface area contributed by atoms with E-state index in [4.69, 9.17) is 4.74 Å². The predicted molar refractivity (Wildman–Crippen MR) is 94.3 cm³/mol. The standard InChI is InChI=1S/C19H16N4O2/c1-11-7-8-16-17(9-11)23-13(3)21-22-18(23)19(20-16)25-15-6-4-5-14(10-15)12(2)24/h4-10H,1-3H3. The summed E-state index contributed by atoms with van der Waals surface area (Å²) >= 11 is 0. The van der Waals surface area contributed by atoms with Crippen molar-refractivity contribution < 1.29 is 9.53 Å². The van der Waals surface area contributed by atoms with Crippen molar-refractivity contribution in [3.8, 4) is 11.6 Å². The lowest BCUT2D eigenvalue weighted by molar-refractivity contribution is 0.101. The highest BCUT2D eigenvalue weighted by atomic mass is 16.5. The molecule has 124 valence electrons. The van der Waals surface area contributed by atoms with Gasteiger partial charge in [-0.1, -0.05) is 18.2 Å². The Morgan fingerprint density at radius 3 is 2.72 bits per heavy atom. The summed E-state index contributed by atoms with van der Waals surface area (Å²) in [4.78, 5) is 16.2. The molecule has 0 N–H and O–H groups in total. The Balaban J connectivity index is 1.91. The Morgan fingerprint density at radius 2 is 1.92 bits per heavy atom. The van der Waals surface area contributed by atoms with Gasteiger partial charge in [-0.25, -0.2) is 4.98 Å². The molecular weight excluding hydrogens is 316 g/mol.